The quantitative estimate of drug-likeness (QED) is 0.698. The Morgan fingerprint density at radius 3 is 2.64 bits per heavy atom. The largest absolute Gasteiger partial charge is 0.475 e. The van der Waals surface area contributed by atoms with E-state index in [4.69, 9.17) is 9.47 Å². The summed E-state index contributed by atoms with van der Waals surface area (Å²) in [4.78, 5) is 11.3. The van der Waals surface area contributed by atoms with Crippen LogP contribution in [0.3, 0.4) is 0 Å². The topological polar surface area (TPSA) is 47.6 Å². The summed E-state index contributed by atoms with van der Waals surface area (Å²) >= 11 is 0. The lowest BCUT2D eigenvalue weighted by atomic mass is 10.2. The Morgan fingerprint density at radius 1 is 1.43 bits per heavy atom. The van der Waals surface area contributed by atoms with Gasteiger partial charge in [-0.3, -0.25) is 5.32 Å². The predicted octanol–water partition coefficient (Wildman–Crippen LogP) is 1.94. The van der Waals surface area contributed by atoms with Crippen LogP contribution in [0.4, 0.5) is 4.79 Å². The van der Waals surface area contributed by atoms with Crippen LogP contribution >= 0.6 is 0 Å². The van der Waals surface area contributed by atoms with Crippen molar-refractivity contribution in [1.82, 2.24) is 5.32 Å². The molecule has 1 heterocycles. The van der Waals surface area contributed by atoms with Gasteiger partial charge < -0.3 is 9.47 Å². The number of alkyl carbamates (subject to hydrolysis) is 1. The fourth-order valence-electron chi connectivity index (χ4n) is 0.892. The molecule has 0 aromatic rings. The van der Waals surface area contributed by atoms with Crippen LogP contribution in [0.25, 0.3) is 0 Å². The molecule has 78 valence electrons. The molecule has 1 atom stereocenters. The van der Waals surface area contributed by atoms with Gasteiger partial charge in [-0.15, -0.1) is 0 Å². The summed E-state index contributed by atoms with van der Waals surface area (Å²) in [5.74, 6) is 0. The Hall–Kier alpha value is -1.45. The number of hydrogen-bond acceptors (Lipinski definition) is 3. The van der Waals surface area contributed by atoms with Gasteiger partial charge in [0, 0.05) is 0 Å². The number of hydrogen-bond donors (Lipinski definition) is 1. The Kier molecular flexibility index (Phi) is 3.17. The third-order valence-corrected chi connectivity index (χ3v) is 1.36. The Bertz CT molecular complexity index is 263. The first-order chi connectivity index (χ1) is 6.47. The second-order valence-electron chi connectivity index (χ2n) is 3.92. The van der Waals surface area contributed by atoms with Crippen LogP contribution in [0.2, 0.25) is 0 Å². The summed E-state index contributed by atoms with van der Waals surface area (Å²) in [7, 11) is 0. The van der Waals surface area contributed by atoms with Gasteiger partial charge in [-0.2, -0.15) is 0 Å². The maximum Gasteiger partial charge on any atom is 0.410 e. The van der Waals surface area contributed by atoms with E-state index in [-0.39, 0.29) is 0 Å². The molecule has 1 N–H and O–H groups in total. The summed E-state index contributed by atoms with van der Waals surface area (Å²) in [6, 6.07) is 0. The molecule has 0 fully saturated rings. The van der Waals surface area contributed by atoms with Crippen molar-refractivity contribution in [2.75, 3.05) is 0 Å². The second kappa shape index (κ2) is 4.17. The first-order valence-electron chi connectivity index (χ1n) is 4.46. The van der Waals surface area contributed by atoms with Crippen LogP contribution in [0.1, 0.15) is 20.8 Å². The highest BCUT2D eigenvalue weighted by Gasteiger charge is 2.18. The molecule has 0 aliphatic carbocycles. The lowest BCUT2D eigenvalue weighted by Crippen LogP contribution is -2.39. The van der Waals surface area contributed by atoms with Crippen LogP contribution in [-0.2, 0) is 9.47 Å². The van der Waals surface area contributed by atoms with Crippen molar-refractivity contribution >= 4 is 6.09 Å². The monoisotopic (exact) mass is 197 g/mol. The first-order valence-corrected chi connectivity index (χ1v) is 4.46. The molecule has 0 saturated carbocycles. The summed E-state index contributed by atoms with van der Waals surface area (Å²) in [5, 5.41) is 2.55. The molecule has 0 spiro atoms. The van der Waals surface area contributed by atoms with Gasteiger partial charge in [0.2, 0.25) is 0 Å². The minimum atomic E-state index is -0.488. The molecule has 14 heavy (non-hydrogen) atoms. The fourth-order valence-corrected chi connectivity index (χ4v) is 0.892. The summed E-state index contributed by atoms with van der Waals surface area (Å²) in [5.41, 5.74) is -0.488. The molecule has 4 nitrogen and oxygen atoms in total. The normalized spacial score (nSPS) is 20.1. The van der Waals surface area contributed by atoms with Crippen LogP contribution in [0.15, 0.2) is 24.5 Å². The molecule has 0 aromatic carbocycles. The molecule has 1 aliphatic heterocycles. The zero-order valence-electron chi connectivity index (χ0n) is 8.61. The highest BCUT2D eigenvalue weighted by Crippen LogP contribution is 2.07. The van der Waals surface area contributed by atoms with Gasteiger partial charge >= 0.3 is 6.09 Å². The Morgan fingerprint density at radius 2 is 2.14 bits per heavy atom. The molecule has 1 unspecified atom stereocenters. The molecule has 0 aromatic heterocycles. The van der Waals surface area contributed by atoms with E-state index in [1.807, 2.05) is 20.8 Å². The third kappa shape index (κ3) is 3.98. The smallest absolute Gasteiger partial charge is 0.410 e. The molecule has 1 rings (SSSR count). The van der Waals surface area contributed by atoms with Crippen molar-refractivity contribution in [2.24, 2.45) is 0 Å². The van der Waals surface area contributed by atoms with Gasteiger partial charge in [0.25, 0.3) is 0 Å². The van der Waals surface area contributed by atoms with Crippen LogP contribution in [0, 0.1) is 0 Å². The molecule has 0 radical (unpaired) electrons. The highest BCUT2D eigenvalue weighted by molar-refractivity contribution is 5.68. The average Bonchev–Trinajstić information content (AvgIpc) is 2.02. The van der Waals surface area contributed by atoms with E-state index >= 15 is 0 Å². The fraction of sp³-hybridized carbons (Fsp3) is 0.500. The molecule has 4 heteroatoms. The summed E-state index contributed by atoms with van der Waals surface area (Å²) in [6.45, 7) is 5.43. The van der Waals surface area contributed by atoms with Crippen molar-refractivity contribution < 1.29 is 14.3 Å². The van der Waals surface area contributed by atoms with E-state index in [0.717, 1.165) is 0 Å². The van der Waals surface area contributed by atoms with Gasteiger partial charge in [0.15, 0.2) is 6.23 Å². The Labute approximate surface area is 83.6 Å². The van der Waals surface area contributed by atoms with Crippen molar-refractivity contribution in [1.29, 1.82) is 0 Å². The first kappa shape index (κ1) is 10.6. The molecule has 0 saturated heterocycles. The lowest BCUT2D eigenvalue weighted by Gasteiger charge is -2.22. The van der Waals surface area contributed by atoms with Gasteiger partial charge in [-0.25, -0.2) is 4.79 Å². The minimum Gasteiger partial charge on any atom is -0.475 e. The van der Waals surface area contributed by atoms with E-state index in [1.165, 1.54) is 6.26 Å². The van der Waals surface area contributed by atoms with E-state index in [2.05, 4.69) is 5.32 Å². The van der Waals surface area contributed by atoms with Gasteiger partial charge in [0.1, 0.15) is 5.60 Å². The molecular formula is C10H15NO3. The highest BCUT2D eigenvalue weighted by atomic mass is 16.6. The minimum absolute atomic E-state index is 0.435. The summed E-state index contributed by atoms with van der Waals surface area (Å²) in [6.07, 6.45) is 5.86. The van der Waals surface area contributed by atoms with E-state index in [1.54, 1.807) is 18.2 Å². The molecule has 0 bridgehead atoms. The van der Waals surface area contributed by atoms with Crippen molar-refractivity contribution in [2.45, 2.75) is 32.6 Å². The standard InChI is InChI=1S/C10H15NO3/c1-10(2,3)14-9(12)11-8-6-4-5-7-13-8/h4-8H,1-3H3,(H,11,12). The number of carbonyl (C=O) groups excluding carboxylic acids is 1. The third-order valence-electron chi connectivity index (χ3n) is 1.36. The Balaban J connectivity index is 2.34. The maximum absolute atomic E-state index is 11.3. The van der Waals surface area contributed by atoms with Crippen LogP contribution in [-0.4, -0.2) is 17.9 Å². The zero-order valence-corrected chi connectivity index (χ0v) is 8.61. The SMILES string of the molecule is CC(C)(C)OC(=O)NC1C=CC=CO1. The number of rotatable bonds is 1. The summed E-state index contributed by atoms with van der Waals surface area (Å²) < 4.78 is 10.1. The number of ether oxygens (including phenoxy) is 2. The predicted molar refractivity (Wildman–Crippen MR) is 52.5 cm³/mol. The molecular weight excluding hydrogens is 182 g/mol. The average molecular weight is 197 g/mol. The van der Waals surface area contributed by atoms with Crippen molar-refractivity contribution in [3.63, 3.8) is 0 Å². The lowest BCUT2D eigenvalue weighted by molar-refractivity contribution is 0.0393. The molecule has 1 aliphatic rings. The van der Waals surface area contributed by atoms with E-state index in [0.29, 0.717) is 0 Å². The van der Waals surface area contributed by atoms with E-state index < -0.39 is 17.9 Å². The van der Waals surface area contributed by atoms with Crippen LogP contribution in [0.5, 0.6) is 0 Å². The number of nitrogens with one attached hydrogen (secondary N) is 1. The van der Waals surface area contributed by atoms with Crippen molar-refractivity contribution in [3.05, 3.63) is 24.5 Å². The molecule has 1 amide bonds. The second-order valence-corrected chi connectivity index (χ2v) is 3.92. The van der Waals surface area contributed by atoms with Gasteiger partial charge in [-0.1, -0.05) is 6.08 Å². The van der Waals surface area contributed by atoms with Crippen molar-refractivity contribution in [3.8, 4) is 0 Å². The number of allylic oxidation sites excluding steroid dienone is 2. The maximum atomic E-state index is 11.3. The number of amides is 1. The van der Waals surface area contributed by atoms with Gasteiger partial charge in [0.05, 0.1) is 6.26 Å². The van der Waals surface area contributed by atoms with Crippen LogP contribution < -0.4 is 5.32 Å². The number of carbonyl (C=O) groups is 1. The zero-order chi connectivity index (χ0) is 10.6. The van der Waals surface area contributed by atoms with Gasteiger partial charge in [-0.05, 0) is 32.9 Å². The van der Waals surface area contributed by atoms with E-state index in [9.17, 15) is 4.79 Å².